The van der Waals surface area contributed by atoms with E-state index in [9.17, 15) is 4.79 Å². The number of nitrogens with zero attached hydrogens (tertiary/aromatic N) is 1. The Hall–Kier alpha value is -0.970. The molecule has 1 fully saturated rings. The van der Waals surface area contributed by atoms with E-state index in [1.54, 1.807) is 18.2 Å². The van der Waals surface area contributed by atoms with Crippen LogP contribution in [0.4, 0.5) is 5.69 Å². The zero-order valence-electron chi connectivity index (χ0n) is 13.9. The number of carbonyl (C=O) groups excluding carboxylic acids is 1. The first-order chi connectivity index (χ1) is 12.4. The number of benzene rings is 2. The smallest absolute Gasteiger partial charge is 0.228 e. The molecule has 2 aromatic carbocycles. The van der Waals surface area contributed by atoms with Crippen molar-refractivity contribution in [2.75, 3.05) is 18.4 Å². The Kier molecular flexibility index (Phi) is 6.70. The third-order valence-corrected chi connectivity index (χ3v) is 5.76. The summed E-state index contributed by atoms with van der Waals surface area (Å²) < 4.78 is 0. The summed E-state index contributed by atoms with van der Waals surface area (Å²) in [4.78, 5) is 14.9. The quantitative estimate of drug-likeness (QED) is 0.629. The molecule has 0 saturated carbocycles. The van der Waals surface area contributed by atoms with Crippen molar-refractivity contribution in [1.29, 1.82) is 0 Å². The monoisotopic (exact) mass is 430 g/mol. The van der Waals surface area contributed by atoms with Crippen LogP contribution < -0.4 is 5.32 Å². The maximum atomic E-state index is 12.7. The van der Waals surface area contributed by atoms with Gasteiger partial charge in [-0.1, -0.05) is 52.5 Å². The molecule has 1 aliphatic heterocycles. The molecule has 3 nitrogen and oxygen atoms in total. The fourth-order valence-corrected chi connectivity index (χ4v) is 4.12. The van der Waals surface area contributed by atoms with Crippen molar-refractivity contribution >= 4 is 58.0 Å². The second kappa shape index (κ2) is 8.81. The molecule has 0 spiro atoms. The van der Waals surface area contributed by atoms with Gasteiger partial charge < -0.3 is 5.32 Å². The van der Waals surface area contributed by atoms with Crippen LogP contribution in [0.25, 0.3) is 0 Å². The van der Waals surface area contributed by atoms with Crippen molar-refractivity contribution in [1.82, 2.24) is 4.90 Å². The SMILES string of the molecule is O=C(Nc1ccc(Cl)cc1Cl)[C@H]1CCCN(Cc2c(Cl)cccc2Cl)C1. The predicted molar refractivity (Wildman–Crippen MR) is 110 cm³/mol. The second-order valence-electron chi connectivity index (χ2n) is 6.39. The molecule has 0 radical (unpaired) electrons. The topological polar surface area (TPSA) is 32.3 Å². The normalized spacial score (nSPS) is 17.9. The van der Waals surface area contributed by atoms with Gasteiger partial charge in [0.25, 0.3) is 0 Å². The lowest BCUT2D eigenvalue weighted by Crippen LogP contribution is -2.40. The summed E-state index contributed by atoms with van der Waals surface area (Å²) in [6, 6.07) is 10.5. The fourth-order valence-electron chi connectivity index (χ4n) is 3.15. The van der Waals surface area contributed by atoms with Crippen molar-refractivity contribution in [3.8, 4) is 0 Å². The Morgan fingerprint density at radius 3 is 2.50 bits per heavy atom. The zero-order valence-corrected chi connectivity index (χ0v) is 17.0. The van der Waals surface area contributed by atoms with Crippen molar-refractivity contribution in [3.63, 3.8) is 0 Å². The van der Waals surface area contributed by atoms with Crippen LogP contribution >= 0.6 is 46.4 Å². The Morgan fingerprint density at radius 2 is 1.81 bits per heavy atom. The van der Waals surface area contributed by atoms with E-state index in [0.717, 1.165) is 24.9 Å². The Labute approximate surface area is 173 Å². The van der Waals surface area contributed by atoms with E-state index in [-0.39, 0.29) is 11.8 Å². The Bertz CT molecular complexity index is 792. The molecule has 1 aliphatic rings. The first-order valence-corrected chi connectivity index (χ1v) is 9.86. The molecule has 0 aromatic heterocycles. The highest BCUT2D eigenvalue weighted by atomic mass is 35.5. The van der Waals surface area contributed by atoms with E-state index in [4.69, 9.17) is 46.4 Å². The van der Waals surface area contributed by atoms with Gasteiger partial charge in [0.15, 0.2) is 0 Å². The number of hydrogen-bond acceptors (Lipinski definition) is 2. The molecule has 0 unspecified atom stereocenters. The summed E-state index contributed by atoms with van der Waals surface area (Å²) in [6.45, 7) is 2.19. The fraction of sp³-hybridized carbons (Fsp3) is 0.316. The van der Waals surface area contributed by atoms with Crippen LogP contribution in [0.2, 0.25) is 20.1 Å². The number of nitrogens with one attached hydrogen (secondary N) is 1. The molecule has 0 aliphatic carbocycles. The molecule has 0 bridgehead atoms. The number of halogens is 4. The number of rotatable bonds is 4. The Balaban J connectivity index is 1.65. The van der Waals surface area contributed by atoms with Gasteiger partial charge in [-0.25, -0.2) is 0 Å². The molecule has 1 N–H and O–H groups in total. The van der Waals surface area contributed by atoms with Crippen molar-refractivity contribution < 1.29 is 4.79 Å². The first-order valence-electron chi connectivity index (χ1n) is 8.35. The van der Waals surface area contributed by atoms with Gasteiger partial charge in [0.1, 0.15) is 0 Å². The maximum absolute atomic E-state index is 12.7. The summed E-state index contributed by atoms with van der Waals surface area (Å²) in [7, 11) is 0. The van der Waals surface area contributed by atoms with Crippen LogP contribution in [0.5, 0.6) is 0 Å². The van der Waals surface area contributed by atoms with Gasteiger partial charge in [-0.05, 0) is 49.7 Å². The maximum Gasteiger partial charge on any atom is 0.228 e. The van der Waals surface area contributed by atoms with E-state index in [2.05, 4.69) is 10.2 Å². The van der Waals surface area contributed by atoms with Gasteiger partial charge in [0.2, 0.25) is 5.91 Å². The molecule has 1 amide bonds. The molecule has 2 aromatic rings. The minimum atomic E-state index is -0.114. The van der Waals surface area contributed by atoms with E-state index < -0.39 is 0 Å². The molecule has 138 valence electrons. The Morgan fingerprint density at radius 1 is 1.08 bits per heavy atom. The summed E-state index contributed by atoms with van der Waals surface area (Å²) in [5, 5.41) is 5.17. The van der Waals surface area contributed by atoms with Crippen LogP contribution in [-0.4, -0.2) is 23.9 Å². The number of anilines is 1. The number of amides is 1. The van der Waals surface area contributed by atoms with Gasteiger partial charge in [-0.15, -0.1) is 0 Å². The number of carbonyl (C=O) groups is 1. The lowest BCUT2D eigenvalue weighted by Gasteiger charge is -2.32. The number of piperidine rings is 1. The minimum absolute atomic E-state index is 0.0378. The highest BCUT2D eigenvalue weighted by Gasteiger charge is 2.27. The van der Waals surface area contributed by atoms with Crippen LogP contribution in [0.15, 0.2) is 36.4 Å². The highest BCUT2D eigenvalue weighted by molar-refractivity contribution is 6.37. The van der Waals surface area contributed by atoms with Crippen molar-refractivity contribution in [2.45, 2.75) is 19.4 Å². The molecule has 3 rings (SSSR count). The molecule has 1 atom stereocenters. The zero-order chi connectivity index (χ0) is 18.7. The second-order valence-corrected chi connectivity index (χ2v) is 8.05. The van der Waals surface area contributed by atoms with E-state index in [1.807, 2.05) is 18.2 Å². The third-order valence-electron chi connectivity index (χ3n) is 4.51. The van der Waals surface area contributed by atoms with Crippen LogP contribution in [0.3, 0.4) is 0 Å². The van der Waals surface area contributed by atoms with Gasteiger partial charge in [-0.2, -0.15) is 0 Å². The highest BCUT2D eigenvalue weighted by Crippen LogP contribution is 2.29. The molecule has 7 heteroatoms. The van der Waals surface area contributed by atoms with Crippen LogP contribution in [-0.2, 0) is 11.3 Å². The summed E-state index contributed by atoms with van der Waals surface area (Å²) in [5.74, 6) is -0.152. The van der Waals surface area contributed by atoms with E-state index >= 15 is 0 Å². The summed E-state index contributed by atoms with van der Waals surface area (Å²) >= 11 is 24.6. The first kappa shape index (κ1) is 19.8. The standard InChI is InChI=1S/C19H18Cl4N2O/c20-13-6-7-18(17(23)9-13)24-19(26)12-3-2-8-25(10-12)11-14-15(21)4-1-5-16(14)22/h1,4-7,9,12H,2-3,8,10-11H2,(H,24,26)/t12-/m0/s1. The van der Waals surface area contributed by atoms with E-state index in [1.165, 1.54) is 0 Å². The number of likely N-dealkylation sites (tertiary alicyclic amines) is 1. The average Bonchev–Trinajstić information content (AvgIpc) is 2.61. The van der Waals surface area contributed by atoms with Crippen molar-refractivity contribution in [2.24, 2.45) is 5.92 Å². The third kappa shape index (κ3) is 4.85. The number of hydrogen-bond donors (Lipinski definition) is 1. The van der Waals surface area contributed by atoms with Gasteiger partial charge in [0.05, 0.1) is 16.6 Å². The predicted octanol–water partition coefficient (Wildman–Crippen LogP) is 6.15. The van der Waals surface area contributed by atoms with Gasteiger partial charge in [-0.3, -0.25) is 9.69 Å². The van der Waals surface area contributed by atoms with Crippen molar-refractivity contribution in [3.05, 3.63) is 62.1 Å². The lowest BCUT2D eigenvalue weighted by molar-refractivity contribution is -0.121. The molecular formula is C19H18Cl4N2O. The summed E-state index contributed by atoms with van der Waals surface area (Å²) in [5.41, 5.74) is 1.48. The molecular weight excluding hydrogens is 414 g/mol. The van der Waals surface area contributed by atoms with Gasteiger partial charge >= 0.3 is 0 Å². The van der Waals surface area contributed by atoms with Gasteiger partial charge in [0, 0.05) is 33.7 Å². The van der Waals surface area contributed by atoms with E-state index in [0.29, 0.717) is 38.9 Å². The lowest BCUT2D eigenvalue weighted by atomic mass is 9.96. The molecule has 1 heterocycles. The average molecular weight is 432 g/mol. The molecule has 1 saturated heterocycles. The summed E-state index contributed by atoms with van der Waals surface area (Å²) in [6.07, 6.45) is 1.78. The van der Waals surface area contributed by atoms with Crippen LogP contribution in [0, 0.1) is 5.92 Å². The molecule has 26 heavy (non-hydrogen) atoms. The van der Waals surface area contributed by atoms with Crippen LogP contribution in [0.1, 0.15) is 18.4 Å². The largest absolute Gasteiger partial charge is 0.324 e. The minimum Gasteiger partial charge on any atom is -0.324 e.